The fourth-order valence-electron chi connectivity index (χ4n) is 1.79. The summed E-state index contributed by atoms with van der Waals surface area (Å²) in [6, 6.07) is 5.01. The van der Waals surface area contributed by atoms with Crippen molar-refractivity contribution >= 4 is 5.69 Å². The maximum Gasteiger partial charge on any atom is 0.455 e. The van der Waals surface area contributed by atoms with E-state index in [0.717, 1.165) is 0 Å². The van der Waals surface area contributed by atoms with E-state index in [2.05, 4.69) is 20.0 Å². The maximum absolute atomic E-state index is 12.4. The highest BCUT2D eigenvalue weighted by Crippen LogP contribution is 2.38. The molecule has 19 heavy (non-hydrogen) atoms. The average Bonchev–Trinajstić information content (AvgIpc) is 2.87. The smallest absolute Gasteiger partial charge is 0.455 e. The largest absolute Gasteiger partial charge is 0.489 e. The molecule has 0 fully saturated rings. The van der Waals surface area contributed by atoms with E-state index in [4.69, 9.17) is 4.74 Å². The molecule has 1 aliphatic heterocycles. The number of anilines is 1. The third-order valence-electron chi connectivity index (χ3n) is 2.59. The zero-order valence-electron chi connectivity index (χ0n) is 9.49. The molecule has 2 heterocycles. The van der Waals surface area contributed by atoms with Gasteiger partial charge in [-0.25, -0.2) is 0 Å². The number of nitrogens with one attached hydrogen (secondary N) is 1. The van der Waals surface area contributed by atoms with Crippen LogP contribution >= 0.6 is 0 Å². The van der Waals surface area contributed by atoms with Crippen LogP contribution in [0.1, 0.15) is 5.82 Å². The zero-order chi connectivity index (χ0) is 13.5. The second-order valence-electron chi connectivity index (χ2n) is 3.88. The lowest BCUT2D eigenvalue weighted by molar-refractivity contribution is -0.146. The lowest BCUT2D eigenvalue weighted by Crippen LogP contribution is -2.18. The predicted molar refractivity (Wildman–Crippen MR) is 58.7 cm³/mol. The topological polar surface area (TPSA) is 60.2 Å². The standard InChI is InChI=1S/C11H8F3N3O2/c12-11(13,14)10-16-9(19-17-10)6-2-1-3-7-8(6)18-5-4-15-7/h1-3,15H,4-5H2. The highest BCUT2D eigenvalue weighted by Gasteiger charge is 2.37. The van der Waals surface area contributed by atoms with Gasteiger partial charge in [-0.05, 0) is 12.1 Å². The molecule has 0 radical (unpaired) electrons. The summed E-state index contributed by atoms with van der Waals surface area (Å²) in [6.45, 7) is 1.05. The van der Waals surface area contributed by atoms with E-state index < -0.39 is 12.0 Å². The fraction of sp³-hybridized carbons (Fsp3) is 0.273. The van der Waals surface area contributed by atoms with Crippen LogP contribution in [0.15, 0.2) is 22.7 Å². The number of ether oxygens (including phenoxy) is 1. The van der Waals surface area contributed by atoms with Gasteiger partial charge in [-0.15, -0.1) is 0 Å². The third-order valence-corrected chi connectivity index (χ3v) is 2.59. The number of aromatic nitrogens is 2. The van der Waals surface area contributed by atoms with Crippen molar-refractivity contribution in [3.05, 3.63) is 24.0 Å². The third kappa shape index (κ3) is 2.09. The maximum atomic E-state index is 12.4. The van der Waals surface area contributed by atoms with Gasteiger partial charge >= 0.3 is 6.18 Å². The Hall–Kier alpha value is -2.25. The van der Waals surface area contributed by atoms with Gasteiger partial charge in [0.2, 0.25) is 0 Å². The monoisotopic (exact) mass is 271 g/mol. The van der Waals surface area contributed by atoms with E-state index >= 15 is 0 Å². The van der Waals surface area contributed by atoms with Gasteiger partial charge in [0, 0.05) is 6.54 Å². The number of nitrogens with zero attached hydrogens (tertiary/aromatic N) is 2. The molecule has 0 amide bonds. The van der Waals surface area contributed by atoms with Crippen LogP contribution in [0.5, 0.6) is 5.75 Å². The lowest BCUT2D eigenvalue weighted by atomic mass is 10.1. The van der Waals surface area contributed by atoms with Gasteiger partial charge in [0.1, 0.15) is 6.61 Å². The SMILES string of the molecule is FC(F)(F)c1noc(-c2cccc3c2OCCN3)n1. The van der Waals surface area contributed by atoms with Crippen molar-refractivity contribution in [2.24, 2.45) is 0 Å². The summed E-state index contributed by atoms with van der Waals surface area (Å²) in [5, 5.41) is 6.00. The molecule has 8 heteroatoms. The number of benzene rings is 1. The van der Waals surface area contributed by atoms with Gasteiger partial charge in [0.15, 0.2) is 5.75 Å². The van der Waals surface area contributed by atoms with Crippen molar-refractivity contribution < 1.29 is 22.4 Å². The van der Waals surface area contributed by atoms with Crippen LogP contribution in [0.25, 0.3) is 11.5 Å². The Balaban J connectivity index is 2.05. The number of rotatable bonds is 1. The van der Waals surface area contributed by atoms with Gasteiger partial charge in [0.25, 0.3) is 11.7 Å². The van der Waals surface area contributed by atoms with Crippen molar-refractivity contribution in [1.29, 1.82) is 0 Å². The van der Waals surface area contributed by atoms with Crippen LogP contribution in [0, 0.1) is 0 Å². The van der Waals surface area contributed by atoms with E-state index in [1.807, 2.05) is 0 Å². The minimum atomic E-state index is -4.63. The van der Waals surface area contributed by atoms with E-state index in [9.17, 15) is 13.2 Å². The van der Waals surface area contributed by atoms with E-state index in [0.29, 0.717) is 30.2 Å². The molecular weight excluding hydrogens is 263 g/mol. The second kappa shape index (κ2) is 4.15. The Labute approximate surface area is 105 Å². The first kappa shape index (κ1) is 11.8. The van der Waals surface area contributed by atoms with Crippen LogP contribution < -0.4 is 10.1 Å². The molecule has 0 unspecified atom stereocenters. The van der Waals surface area contributed by atoms with E-state index in [1.165, 1.54) is 0 Å². The van der Waals surface area contributed by atoms with Gasteiger partial charge in [-0.2, -0.15) is 18.2 Å². The lowest BCUT2D eigenvalue weighted by Gasteiger charge is -2.20. The van der Waals surface area contributed by atoms with Crippen molar-refractivity contribution in [3.8, 4) is 17.2 Å². The average molecular weight is 271 g/mol. The molecule has 0 saturated heterocycles. The summed E-state index contributed by atoms with van der Waals surface area (Å²) in [6.07, 6.45) is -4.63. The summed E-state index contributed by atoms with van der Waals surface area (Å²) in [5.74, 6) is -1.09. The predicted octanol–water partition coefficient (Wildman–Crippen LogP) is 2.56. The molecule has 1 N–H and O–H groups in total. The normalized spacial score (nSPS) is 14.5. The van der Waals surface area contributed by atoms with Crippen LogP contribution in [0.3, 0.4) is 0 Å². The van der Waals surface area contributed by atoms with Crippen LogP contribution in [-0.2, 0) is 6.18 Å². The Bertz CT molecular complexity index is 609. The molecule has 2 aromatic rings. The Kier molecular flexibility index (Phi) is 2.58. The summed E-state index contributed by atoms with van der Waals surface area (Å²) in [4.78, 5) is 3.35. The first-order valence-corrected chi connectivity index (χ1v) is 5.46. The molecule has 0 spiro atoms. The first-order chi connectivity index (χ1) is 9.05. The highest BCUT2D eigenvalue weighted by molar-refractivity contribution is 5.74. The molecule has 0 atom stereocenters. The van der Waals surface area contributed by atoms with Crippen LogP contribution in [-0.4, -0.2) is 23.3 Å². The number of alkyl halides is 3. The highest BCUT2D eigenvalue weighted by atomic mass is 19.4. The van der Waals surface area contributed by atoms with Gasteiger partial charge in [-0.1, -0.05) is 11.2 Å². The Morgan fingerprint density at radius 3 is 2.84 bits per heavy atom. The Morgan fingerprint density at radius 2 is 2.11 bits per heavy atom. The minimum Gasteiger partial charge on any atom is -0.489 e. The van der Waals surface area contributed by atoms with E-state index in [1.54, 1.807) is 18.2 Å². The number of para-hydroxylation sites is 1. The summed E-state index contributed by atoms with van der Waals surface area (Å²) >= 11 is 0. The van der Waals surface area contributed by atoms with E-state index in [-0.39, 0.29) is 5.89 Å². The van der Waals surface area contributed by atoms with Crippen molar-refractivity contribution in [1.82, 2.24) is 10.1 Å². The summed E-state index contributed by atoms with van der Waals surface area (Å²) < 4.78 is 47.4. The number of halogens is 3. The van der Waals surface area contributed by atoms with Crippen molar-refractivity contribution in [2.45, 2.75) is 6.18 Å². The zero-order valence-corrected chi connectivity index (χ0v) is 9.49. The number of hydrogen-bond donors (Lipinski definition) is 1. The first-order valence-electron chi connectivity index (χ1n) is 5.46. The Morgan fingerprint density at radius 1 is 1.26 bits per heavy atom. The van der Waals surface area contributed by atoms with Crippen molar-refractivity contribution in [2.75, 3.05) is 18.5 Å². The second-order valence-corrected chi connectivity index (χ2v) is 3.88. The van der Waals surface area contributed by atoms with Gasteiger partial charge in [0.05, 0.1) is 11.3 Å². The number of hydrogen-bond acceptors (Lipinski definition) is 5. The minimum absolute atomic E-state index is 0.215. The molecule has 1 aliphatic rings. The summed E-state index contributed by atoms with van der Waals surface area (Å²) in [5.41, 5.74) is 1.03. The molecule has 5 nitrogen and oxygen atoms in total. The molecule has 0 aliphatic carbocycles. The molecule has 0 bridgehead atoms. The van der Waals surface area contributed by atoms with Crippen LogP contribution in [0.4, 0.5) is 18.9 Å². The quantitative estimate of drug-likeness (QED) is 0.863. The fourth-order valence-corrected chi connectivity index (χ4v) is 1.79. The molecule has 0 saturated carbocycles. The molecule has 3 rings (SSSR count). The molecule has 1 aromatic heterocycles. The van der Waals surface area contributed by atoms with Gasteiger partial charge < -0.3 is 14.6 Å². The van der Waals surface area contributed by atoms with Crippen molar-refractivity contribution in [3.63, 3.8) is 0 Å². The molecule has 1 aromatic carbocycles. The van der Waals surface area contributed by atoms with Gasteiger partial charge in [-0.3, -0.25) is 0 Å². The number of fused-ring (bicyclic) bond motifs is 1. The molecular formula is C11H8F3N3O2. The summed E-state index contributed by atoms with van der Waals surface area (Å²) in [7, 11) is 0. The molecule has 100 valence electrons. The van der Waals surface area contributed by atoms with Crippen LogP contribution in [0.2, 0.25) is 0 Å².